The van der Waals surface area contributed by atoms with Crippen molar-refractivity contribution in [3.63, 3.8) is 0 Å². The van der Waals surface area contributed by atoms with Crippen LogP contribution >= 0.6 is 0 Å². The van der Waals surface area contributed by atoms with E-state index >= 15 is 0 Å². The maximum Gasteiger partial charge on any atom is 0.214 e. The van der Waals surface area contributed by atoms with E-state index in [9.17, 15) is 8.42 Å². The highest BCUT2D eigenvalue weighted by Gasteiger charge is 2.52. The first kappa shape index (κ1) is 13.0. The van der Waals surface area contributed by atoms with Crippen molar-refractivity contribution in [1.82, 2.24) is 4.72 Å². The minimum Gasteiger partial charge on any atom is -0.218 e. The van der Waals surface area contributed by atoms with Gasteiger partial charge in [-0.15, -0.1) is 0 Å². The molecule has 1 fully saturated rings. The third-order valence-electron chi connectivity index (χ3n) is 4.24. The molecule has 0 radical (unpaired) electrons. The first-order valence-corrected chi connectivity index (χ1v) is 7.23. The molecule has 0 heterocycles. The Bertz CT molecular complexity index is 303. The van der Waals surface area contributed by atoms with Gasteiger partial charge in [0.1, 0.15) is 0 Å². The molecule has 90 valence electrons. The van der Waals surface area contributed by atoms with Gasteiger partial charge in [-0.05, 0) is 37.1 Å². The zero-order valence-corrected chi connectivity index (χ0v) is 11.2. The average Bonchev–Trinajstić information content (AvgIpc) is 2.00. The van der Waals surface area contributed by atoms with E-state index in [0.29, 0.717) is 11.8 Å². The molecular formula is C11H23NO2S. The van der Waals surface area contributed by atoms with E-state index in [1.807, 2.05) is 0 Å². The predicted octanol–water partition coefficient (Wildman–Crippen LogP) is 2.00. The van der Waals surface area contributed by atoms with Crippen LogP contribution < -0.4 is 4.72 Å². The van der Waals surface area contributed by atoms with E-state index < -0.39 is 10.0 Å². The summed E-state index contributed by atoms with van der Waals surface area (Å²) in [5.41, 5.74) is 0.231. The second kappa shape index (κ2) is 4.06. The highest BCUT2D eigenvalue weighted by atomic mass is 32.2. The van der Waals surface area contributed by atoms with Crippen molar-refractivity contribution >= 4 is 10.0 Å². The summed E-state index contributed by atoms with van der Waals surface area (Å²) in [5.74, 6) is 1.11. The lowest BCUT2D eigenvalue weighted by Crippen LogP contribution is -2.53. The quantitative estimate of drug-likeness (QED) is 0.807. The molecule has 1 N–H and O–H groups in total. The molecule has 4 heteroatoms. The van der Waals surface area contributed by atoms with Crippen molar-refractivity contribution in [3.05, 3.63) is 0 Å². The van der Waals surface area contributed by atoms with Crippen LogP contribution in [-0.4, -0.2) is 20.7 Å². The second-order valence-corrected chi connectivity index (χ2v) is 7.49. The minimum absolute atomic E-state index is 0.174. The largest absolute Gasteiger partial charge is 0.218 e. The first-order chi connectivity index (χ1) is 6.76. The lowest BCUT2D eigenvalue weighted by atomic mass is 9.56. The summed E-state index contributed by atoms with van der Waals surface area (Å²) >= 11 is 0. The number of hydrogen-bond donors (Lipinski definition) is 1. The molecule has 15 heavy (non-hydrogen) atoms. The fourth-order valence-electron chi connectivity index (χ4n) is 2.78. The van der Waals surface area contributed by atoms with Crippen LogP contribution in [0, 0.1) is 17.3 Å². The third-order valence-corrected chi connectivity index (χ3v) is 6.02. The molecule has 0 saturated heterocycles. The van der Waals surface area contributed by atoms with Crippen LogP contribution in [0.5, 0.6) is 0 Å². The first-order valence-electron chi connectivity index (χ1n) is 5.68. The van der Waals surface area contributed by atoms with E-state index in [1.165, 1.54) is 7.05 Å². The van der Waals surface area contributed by atoms with Gasteiger partial charge in [-0.1, -0.05) is 27.7 Å². The average molecular weight is 233 g/mol. The van der Waals surface area contributed by atoms with Gasteiger partial charge in [0.05, 0.1) is 5.25 Å². The fraction of sp³-hybridized carbons (Fsp3) is 1.00. The van der Waals surface area contributed by atoms with Gasteiger partial charge in [0.2, 0.25) is 10.0 Å². The molecule has 0 aromatic carbocycles. The van der Waals surface area contributed by atoms with Crippen LogP contribution in [-0.2, 0) is 10.0 Å². The van der Waals surface area contributed by atoms with Gasteiger partial charge in [0.25, 0.3) is 0 Å². The summed E-state index contributed by atoms with van der Waals surface area (Å²) < 4.78 is 25.6. The molecule has 0 aromatic heterocycles. The van der Waals surface area contributed by atoms with E-state index in [2.05, 4.69) is 32.4 Å². The van der Waals surface area contributed by atoms with Gasteiger partial charge >= 0.3 is 0 Å². The molecule has 1 aliphatic carbocycles. The molecule has 0 spiro atoms. The summed E-state index contributed by atoms with van der Waals surface area (Å²) in [6, 6.07) is 0. The normalized spacial score (nSPS) is 22.1. The molecular weight excluding hydrogens is 210 g/mol. The Balaban J connectivity index is 2.76. The van der Waals surface area contributed by atoms with Crippen molar-refractivity contribution in [2.45, 2.75) is 45.8 Å². The minimum atomic E-state index is -3.05. The van der Waals surface area contributed by atoms with Crippen molar-refractivity contribution in [2.24, 2.45) is 17.3 Å². The van der Waals surface area contributed by atoms with Crippen LogP contribution in [0.25, 0.3) is 0 Å². The Morgan fingerprint density at radius 2 is 1.53 bits per heavy atom. The zero-order chi connectivity index (χ0) is 11.9. The van der Waals surface area contributed by atoms with Gasteiger partial charge in [0, 0.05) is 0 Å². The van der Waals surface area contributed by atoms with Crippen molar-refractivity contribution in [2.75, 3.05) is 7.05 Å². The van der Waals surface area contributed by atoms with E-state index in [-0.39, 0.29) is 10.7 Å². The SMILES string of the molecule is CNS(=O)(=O)C1CC(C(C)C)(C(C)C)C1. The van der Waals surface area contributed by atoms with Gasteiger partial charge < -0.3 is 0 Å². The van der Waals surface area contributed by atoms with Gasteiger partial charge in [-0.2, -0.15) is 0 Å². The van der Waals surface area contributed by atoms with Crippen LogP contribution in [0.15, 0.2) is 0 Å². The van der Waals surface area contributed by atoms with Gasteiger partial charge in [-0.3, -0.25) is 0 Å². The van der Waals surface area contributed by atoms with E-state index in [0.717, 1.165) is 12.8 Å². The number of rotatable bonds is 4. The topological polar surface area (TPSA) is 46.2 Å². The number of hydrogen-bond acceptors (Lipinski definition) is 2. The molecule has 3 nitrogen and oxygen atoms in total. The highest BCUT2D eigenvalue weighted by Crippen LogP contribution is 2.54. The molecule has 0 aliphatic heterocycles. The molecule has 1 saturated carbocycles. The van der Waals surface area contributed by atoms with Crippen molar-refractivity contribution in [1.29, 1.82) is 0 Å². The van der Waals surface area contributed by atoms with Crippen molar-refractivity contribution in [3.8, 4) is 0 Å². The Labute approximate surface area is 93.7 Å². The summed E-state index contributed by atoms with van der Waals surface area (Å²) in [6.45, 7) is 8.79. The Morgan fingerprint density at radius 1 is 1.13 bits per heavy atom. The van der Waals surface area contributed by atoms with Crippen molar-refractivity contribution < 1.29 is 8.42 Å². The molecule has 0 unspecified atom stereocenters. The summed E-state index contributed by atoms with van der Waals surface area (Å²) in [7, 11) is -1.55. The fourth-order valence-corrected chi connectivity index (χ4v) is 4.18. The van der Waals surface area contributed by atoms with E-state index in [1.54, 1.807) is 0 Å². The highest BCUT2D eigenvalue weighted by molar-refractivity contribution is 7.90. The maximum absolute atomic E-state index is 11.6. The predicted molar refractivity (Wildman–Crippen MR) is 63.1 cm³/mol. The zero-order valence-electron chi connectivity index (χ0n) is 10.4. The second-order valence-electron chi connectivity index (χ2n) is 5.32. The van der Waals surface area contributed by atoms with Crippen LogP contribution in [0.4, 0.5) is 0 Å². The monoisotopic (exact) mass is 233 g/mol. The summed E-state index contributed by atoms with van der Waals surface area (Å²) in [6.07, 6.45) is 1.62. The number of sulfonamides is 1. The van der Waals surface area contributed by atoms with Gasteiger partial charge in [0.15, 0.2) is 0 Å². The Morgan fingerprint density at radius 3 is 1.80 bits per heavy atom. The van der Waals surface area contributed by atoms with Crippen LogP contribution in [0.1, 0.15) is 40.5 Å². The lowest BCUT2D eigenvalue weighted by molar-refractivity contribution is 0.0170. The van der Waals surface area contributed by atoms with Crippen LogP contribution in [0.2, 0.25) is 0 Å². The maximum atomic E-state index is 11.6. The number of nitrogens with one attached hydrogen (secondary N) is 1. The van der Waals surface area contributed by atoms with Crippen LogP contribution in [0.3, 0.4) is 0 Å². The smallest absolute Gasteiger partial charge is 0.214 e. The van der Waals surface area contributed by atoms with Gasteiger partial charge in [-0.25, -0.2) is 13.1 Å². The van der Waals surface area contributed by atoms with E-state index in [4.69, 9.17) is 0 Å². The Hall–Kier alpha value is -0.0900. The molecule has 1 aliphatic rings. The Kier molecular flexibility index (Phi) is 3.51. The summed E-state index contributed by atoms with van der Waals surface area (Å²) in [5, 5.41) is -0.174. The molecule has 0 aromatic rings. The molecule has 1 rings (SSSR count). The third kappa shape index (κ3) is 2.07. The summed E-state index contributed by atoms with van der Waals surface area (Å²) in [4.78, 5) is 0. The molecule has 0 bridgehead atoms. The lowest BCUT2D eigenvalue weighted by Gasteiger charge is -2.53. The molecule has 0 amide bonds. The standard InChI is InChI=1S/C11H23NO2S/c1-8(2)11(9(3)4)6-10(7-11)15(13,14)12-5/h8-10,12H,6-7H2,1-5H3. The molecule has 0 atom stereocenters.